The molecular formula is C28H28N4O4. The Labute approximate surface area is 209 Å². The standard InChI is InChI=1S/C28H28N4O4/c1-4-20-10-8-15-24(16-20)36-18-25(33)29-22-12-9-11-21(17-22)27(34)30-26-19(2)31(3)32(28(26)35)23-13-6-5-7-14-23/h5-17H,4,18H2,1-3H3,(H,29,33)(H,30,34). The van der Waals surface area contributed by atoms with Crippen molar-refractivity contribution in [2.24, 2.45) is 7.05 Å². The highest BCUT2D eigenvalue weighted by atomic mass is 16.5. The van der Waals surface area contributed by atoms with Crippen LogP contribution in [-0.2, 0) is 18.3 Å². The number of amides is 2. The van der Waals surface area contributed by atoms with Crippen molar-refractivity contribution in [3.63, 3.8) is 0 Å². The molecular weight excluding hydrogens is 456 g/mol. The van der Waals surface area contributed by atoms with E-state index in [4.69, 9.17) is 4.74 Å². The van der Waals surface area contributed by atoms with Gasteiger partial charge in [0.05, 0.1) is 11.4 Å². The van der Waals surface area contributed by atoms with Crippen LogP contribution in [-0.4, -0.2) is 27.8 Å². The average molecular weight is 485 g/mol. The molecule has 0 aliphatic rings. The number of carbonyl (C=O) groups excluding carboxylic acids is 2. The molecule has 0 atom stereocenters. The molecule has 1 aromatic heterocycles. The molecule has 0 aliphatic carbocycles. The Kier molecular flexibility index (Phi) is 7.34. The van der Waals surface area contributed by atoms with Crippen LogP contribution in [0, 0.1) is 6.92 Å². The van der Waals surface area contributed by atoms with Gasteiger partial charge in [0, 0.05) is 18.3 Å². The fourth-order valence-electron chi connectivity index (χ4n) is 3.84. The molecule has 36 heavy (non-hydrogen) atoms. The zero-order chi connectivity index (χ0) is 25.7. The average Bonchev–Trinajstić information content (AvgIpc) is 3.11. The van der Waals surface area contributed by atoms with Gasteiger partial charge >= 0.3 is 0 Å². The minimum atomic E-state index is -0.454. The third kappa shape index (κ3) is 5.38. The first-order chi connectivity index (χ1) is 17.4. The van der Waals surface area contributed by atoms with E-state index in [2.05, 4.69) is 10.6 Å². The van der Waals surface area contributed by atoms with Gasteiger partial charge in [-0.25, -0.2) is 4.68 Å². The molecule has 184 valence electrons. The van der Waals surface area contributed by atoms with Crippen LogP contribution in [0.1, 0.15) is 28.5 Å². The van der Waals surface area contributed by atoms with Crippen molar-refractivity contribution >= 4 is 23.2 Å². The largest absolute Gasteiger partial charge is 0.484 e. The maximum Gasteiger partial charge on any atom is 0.295 e. The van der Waals surface area contributed by atoms with Gasteiger partial charge < -0.3 is 15.4 Å². The van der Waals surface area contributed by atoms with E-state index in [0.717, 1.165) is 12.0 Å². The first-order valence-corrected chi connectivity index (χ1v) is 11.6. The van der Waals surface area contributed by atoms with Gasteiger partial charge in [0.25, 0.3) is 17.4 Å². The number of para-hydroxylation sites is 1. The van der Waals surface area contributed by atoms with E-state index >= 15 is 0 Å². The number of nitrogens with one attached hydrogen (secondary N) is 2. The number of hydrogen-bond donors (Lipinski definition) is 2. The second-order valence-corrected chi connectivity index (χ2v) is 8.31. The molecule has 0 saturated heterocycles. The number of anilines is 2. The van der Waals surface area contributed by atoms with Crippen LogP contribution in [0.3, 0.4) is 0 Å². The Morgan fingerprint density at radius 3 is 2.42 bits per heavy atom. The maximum absolute atomic E-state index is 13.1. The molecule has 0 saturated carbocycles. The van der Waals surface area contributed by atoms with Gasteiger partial charge in [-0.1, -0.05) is 43.3 Å². The summed E-state index contributed by atoms with van der Waals surface area (Å²) in [6.45, 7) is 3.65. The van der Waals surface area contributed by atoms with Crippen molar-refractivity contribution in [2.75, 3.05) is 17.2 Å². The lowest BCUT2D eigenvalue weighted by atomic mass is 10.2. The van der Waals surface area contributed by atoms with Crippen LogP contribution in [0.5, 0.6) is 5.75 Å². The predicted octanol–water partition coefficient (Wildman–Crippen LogP) is 4.32. The van der Waals surface area contributed by atoms with Crippen molar-refractivity contribution in [3.8, 4) is 11.4 Å². The Morgan fingerprint density at radius 2 is 1.67 bits per heavy atom. The second kappa shape index (κ2) is 10.8. The Bertz CT molecular complexity index is 1450. The highest BCUT2D eigenvalue weighted by molar-refractivity contribution is 6.05. The molecule has 8 nitrogen and oxygen atoms in total. The lowest BCUT2D eigenvalue weighted by molar-refractivity contribution is -0.118. The summed E-state index contributed by atoms with van der Waals surface area (Å²) in [4.78, 5) is 38.4. The zero-order valence-corrected chi connectivity index (χ0v) is 20.4. The van der Waals surface area contributed by atoms with Gasteiger partial charge in [0.2, 0.25) is 0 Å². The molecule has 0 spiro atoms. The van der Waals surface area contributed by atoms with E-state index < -0.39 is 5.91 Å². The Balaban J connectivity index is 1.44. The van der Waals surface area contributed by atoms with Crippen molar-refractivity contribution in [1.29, 1.82) is 0 Å². The molecule has 4 rings (SSSR count). The molecule has 0 fully saturated rings. The first kappa shape index (κ1) is 24.5. The summed E-state index contributed by atoms with van der Waals surface area (Å²) in [5.41, 5.74) is 3.05. The molecule has 8 heteroatoms. The third-order valence-electron chi connectivity index (χ3n) is 5.88. The summed E-state index contributed by atoms with van der Waals surface area (Å²) in [5, 5.41) is 5.48. The number of nitrogens with zero attached hydrogens (tertiary/aromatic N) is 2. The van der Waals surface area contributed by atoms with Gasteiger partial charge in [0.1, 0.15) is 11.4 Å². The quantitative estimate of drug-likeness (QED) is 0.390. The molecule has 2 N–H and O–H groups in total. The van der Waals surface area contributed by atoms with Crippen LogP contribution in [0.25, 0.3) is 5.69 Å². The second-order valence-electron chi connectivity index (χ2n) is 8.31. The van der Waals surface area contributed by atoms with Gasteiger partial charge in [-0.3, -0.25) is 19.1 Å². The van der Waals surface area contributed by atoms with E-state index in [1.807, 2.05) is 55.5 Å². The summed E-state index contributed by atoms with van der Waals surface area (Å²) in [7, 11) is 1.76. The molecule has 0 radical (unpaired) electrons. The SMILES string of the molecule is CCc1cccc(OCC(=O)Nc2cccc(C(=O)Nc3c(C)n(C)n(-c4ccccc4)c3=O)c2)c1. The number of benzene rings is 3. The summed E-state index contributed by atoms with van der Waals surface area (Å²) >= 11 is 0. The van der Waals surface area contributed by atoms with Crippen molar-refractivity contribution in [2.45, 2.75) is 20.3 Å². The lowest BCUT2D eigenvalue weighted by Gasteiger charge is -2.10. The summed E-state index contributed by atoms with van der Waals surface area (Å²) < 4.78 is 8.78. The predicted molar refractivity (Wildman–Crippen MR) is 140 cm³/mol. The zero-order valence-electron chi connectivity index (χ0n) is 20.4. The monoisotopic (exact) mass is 484 g/mol. The van der Waals surface area contributed by atoms with E-state index in [-0.39, 0.29) is 23.8 Å². The van der Waals surface area contributed by atoms with Crippen molar-refractivity contribution in [3.05, 3.63) is 106 Å². The lowest BCUT2D eigenvalue weighted by Crippen LogP contribution is -2.23. The fourth-order valence-corrected chi connectivity index (χ4v) is 3.84. The minimum Gasteiger partial charge on any atom is -0.484 e. The van der Waals surface area contributed by atoms with Gasteiger partial charge in [0.15, 0.2) is 6.61 Å². The normalized spacial score (nSPS) is 10.6. The third-order valence-corrected chi connectivity index (χ3v) is 5.88. The van der Waals surface area contributed by atoms with Crippen LogP contribution < -0.4 is 20.9 Å². The van der Waals surface area contributed by atoms with Gasteiger partial charge in [-0.2, -0.15) is 0 Å². The van der Waals surface area contributed by atoms with E-state index in [0.29, 0.717) is 28.4 Å². The number of carbonyl (C=O) groups is 2. The van der Waals surface area contributed by atoms with Crippen LogP contribution in [0.2, 0.25) is 0 Å². The van der Waals surface area contributed by atoms with Crippen molar-refractivity contribution < 1.29 is 14.3 Å². The highest BCUT2D eigenvalue weighted by Crippen LogP contribution is 2.17. The molecule has 2 amide bonds. The fraction of sp³-hybridized carbons (Fsp3) is 0.179. The number of aromatic nitrogens is 2. The van der Waals surface area contributed by atoms with E-state index in [1.54, 1.807) is 49.0 Å². The number of aryl methyl sites for hydroxylation is 1. The molecule has 0 unspecified atom stereocenters. The molecule has 3 aromatic carbocycles. The first-order valence-electron chi connectivity index (χ1n) is 11.6. The Hall–Kier alpha value is -4.59. The molecule has 0 aliphatic heterocycles. The summed E-state index contributed by atoms with van der Waals surface area (Å²) in [5.74, 6) is -0.180. The topological polar surface area (TPSA) is 94.4 Å². The molecule has 4 aromatic rings. The van der Waals surface area contributed by atoms with Crippen LogP contribution in [0.4, 0.5) is 11.4 Å². The Morgan fingerprint density at radius 1 is 0.917 bits per heavy atom. The van der Waals surface area contributed by atoms with E-state index in [9.17, 15) is 14.4 Å². The number of rotatable bonds is 8. The van der Waals surface area contributed by atoms with Crippen LogP contribution in [0.15, 0.2) is 83.7 Å². The number of ether oxygens (including phenoxy) is 1. The van der Waals surface area contributed by atoms with Crippen LogP contribution >= 0.6 is 0 Å². The molecule has 0 bridgehead atoms. The van der Waals surface area contributed by atoms with Gasteiger partial charge in [-0.15, -0.1) is 0 Å². The van der Waals surface area contributed by atoms with Crippen molar-refractivity contribution in [1.82, 2.24) is 9.36 Å². The smallest absolute Gasteiger partial charge is 0.295 e. The van der Waals surface area contributed by atoms with Gasteiger partial charge in [-0.05, 0) is 61.4 Å². The summed E-state index contributed by atoms with van der Waals surface area (Å²) in [6, 6.07) is 23.3. The highest BCUT2D eigenvalue weighted by Gasteiger charge is 2.19. The number of hydrogen-bond acceptors (Lipinski definition) is 4. The minimum absolute atomic E-state index is 0.161. The molecule has 1 heterocycles. The summed E-state index contributed by atoms with van der Waals surface area (Å²) in [6.07, 6.45) is 0.876. The maximum atomic E-state index is 13.1. The van der Waals surface area contributed by atoms with E-state index in [1.165, 1.54) is 4.68 Å².